The molecule has 150 valence electrons. The zero-order valence-electron chi connectivity index (χ0n) is 16.0. The average molecular weight is 387 g/mol. The summed E-state index contributed by atoms with van der Waals surface area (Å²) in [7, 11) is 0. The van der Waals surface area contributed by atoms with E-state index in [2.05, 4.69) is 0 Å². The molecule has 0 bridgehead atoms. The number of carbonyl (C=O) groups is 1. The van der Waals surface area contributed by atoms with Gasteiger partial charge in [-0.2, -0.15) is 0 Å². The lowest BCUT2D eigenvalue weighted by Gasteiger charge is -2.36. The van der Waals surface area contributed by atoms with Gasteiger partial charge in [0.2, 0.25) is 0 Å². The molecular weight excluding hydrogens is 362 g/mol. The average Bonchev–Trinajstić information content (AvgIpc) is 3.11. The zero-order chi connectivity index (χ0) is 19.7. The Hall–Kier alpha value is -2.38. The summed E-state index contributed by atoms with van der Waals surface area (Å²) in [4.78, 5) is 27.2. The van der Waals surface area contributed by atoms with Crippen LogP contribution in [0.25, 0.3) is 11.0 Å². The van der Waals surface area contributed by atoms with Crippen LogP contribution in [0.1, 0.15) is 30.1 Å². The maximum absolute atomic E-state index is 13.0. The van der Waals surface area contributed by atoms with Crippen molar-refractivity contribution in [1.29, 1.82) is 0 Å². The Morgan fingerprint density at radius 1 is 1.39 bits per heavy atom. The molecule has 0 unspecified atom stereocenters. The minimum absolute atomic E-state index is 0.0161. The summed E-state index contributed by atoms with van der Waals surface area (Å²) in [6.45, 7) is 4.53. The largest absolute Gasteiger partial charge is 0.493 e. The van der Waals surface area contributed by atoms with Crippen LogP contribution in [-0.2, 0) is 4.74 Å². The lowest BCUT2D eigenvalue weighted by Crippen LogP contribution is -2.43. The molecule has 2 saturated heterocycles. The van der Waals surface area contributed by atoms with Crippen LogP contribution in [0, 0.1) is 11.3 Å². The van der Waals surface area contributed by atoms with Gasteiger partial charge in [0.25, 0.3) is 5.91 Å². The molecule has 0 spiro atoms. The molecule has 1 N–H and O–H groups in total. The summed E-state index contributed by atoms with van der Waals surface area (Å²) < 4.78 is 16.5. The monoisotopic (exact) mass is 387 g/mol. The zero-order valence-corrected chi connectivity index (χ0v) is 16.0. The standard InChI is InChI=1S/C21H25NO6/c1-2-6-27-16-4-3-14-8-17(20(25)28-18(14)9-16)19(24)22-10-15-5-7-26-13-21(15,11-22)12-23/h3-4,8-9,15,23H,2,5-7,10-13H2,1H3/t15-,21+/m0/s1. The van der Waals surface area contributed by atoms with Gasteiger partial charge < -0.3 is 23.9 Å². The highest BCUT2D eigenvalue weighted by molar-refractivity contribution is 5.97. The SMILES string of the molecule is CCCOc1ccc2cc(C(=O)N3C[C@@H]4CCOC[C@]4(CO)C3)c(=O)oc2c1. The smallest absolute Gasteiger partial charge is 0.349 e. The number of likely N-dealkylation sites (tertiary alicyclic amines) is 1. The Labute approximate surface area is 162 Å². The molecule has 1 aromatic carbocycles. The van der Waals surface area contributed by atoms with Crippen molar-refractivity contribution in [1.82, 2.24) is 4.90 Å². The molecule has 2 fully saturated rings. The predicted octanol–water partition coefficient (Wildman–Crippen LogP) is 2.05. The quantitative estimate of drug-likeness (QED) is 0.790. The molecule has 2 aliphatic heterocycles. The molecule has 0 saturated carbocycles. The van der Waals surface area contributed by atoms with Gasteiger partial charge in [0.1, 0.15) is 16.9 Å². The van der Waals surface area contributed by atoms with Gasteiger partial charge in [-0.1, -0.05) is 6.92 Å². The molecule has 2 aromatic rings. The van der Waals surface area contributed by atoms with E-state index < -0.39 is 11.0 Å². The van der Waals surface area contributed by atoms with Crippen LogP contribution in [0.3, 0.4) is 0 Å². The van der Waals surface area contributed by atoms with Crippen molar-refractivity contribution >= 4 is 16.9 Å². The van der Waals surface area contributed by atoms with E-state index >= 15 is 0 Å². The number of ether oxygens (including phenoxy) is 2. The minimum atomic E-state index is -0.658. The summed E-state index contributed by atoms with van der Waals surface area (Å²) in [5, 5.41) is 10.6. The molecule has 3 heterocycles. The molecule has 0 aliphatic carbocycles. The third-order valence-electron chi connectivity index (χ3n) is 5.83. The number of nitrogens with zero attached hydrogens (tertiary/aromatic N) is 1. The normalized spacial score (nSPS) is 24.4. The van der Waals surface area contributed by atoms with Crippen LogP contribution >= 0.6 is 0 Å². The van der Waals surface area contributed by atoms with Gasteiger partial charge in [-0.3, -0.25) is 4.79 Å². The molecule has 7 heteroatoms. The lowest BCUT2D eigenvalue weighted by atomic mass is 9.76. The van der Waals surface area contributed by atoms with Crippen molar-refractivity contribution in [3.63, 3.8) is 0 Å². The van der Waals surface area contributed by atoms with Crippen LogP contribution in [0.2, 0.25) is 0 Å². The number of aliphatic hydroxyl groups is 1. The number of fused-ring (bicyclic) bond motifs is 2. The molecule has 0 radical (unpaired) electrons. The fourth-order valence-corrected chi connectivity index (χ4v) is 4.20. The van der Waals surface area contributed by atoms with Crippen molar-refractivity contribution in [3.05, 3.63) is 40.2 Å². The lowest BCUT2D eigenvalue weighted by molar-refractivity contribution is -0.0557. The van der Waals surface area contributed by atoms with E-state index in [4.69, 9.17) is 13.9 Å². The summed E-state index contributed by atoms with van der Waals surface area (Å²) >= 11 is 0. The predicted molar refractivity (Wildman–Crippen MR) is 103 cm³/mol. The fraction of sp³-hybridized carbons (Fsp3) is 0.524. The van der Waals surface area contributed by atoms with Crippen molar-refractivity contribution < 1.29 is 23.8 Å². The van der Waals surface area contributed by atoms with Gasteiger partial charge in [0.15, 0.2) is 0 Å². The number of benzene rings is 1. The van der Waals surface area contributed by atoms with E-state index in [0.717, 1.165) is 12.8 Å². The highest BCUT2D eigenvalue weighted by atomic mass is 16.5. The summed E-state index contributed by atoms with van der Waals surface area (Å²) in [6, 6.07) is 6.84. The maximum atomic E-state index is 13.0. The number of carbonyl (C=O) groups excluding carboxylic acids is 1. The second-order valence-corrected chi connectivity index (χ2v) is 7.74. The highest BCUT2D eigenvalue weighted by Crippen LogP contribution is 2.41. The summed E-state index contributed by atoms with van der Waals surface area (Å²) in [6.07, 6.45) is 1.68. The topological polar surface area (TPSA) is 89.2 Å². The van der Waals surface area contributed by atoms with Gasteiger partial charge in [0.05, 0.1) is 19.8 Å². The van der Waals surface area contributed by atoms with Gasteiger partial charge in [0, 0.05) is 36.6 Å². The van der Waals surface area contributed by atoms with Gasteiger partial charge in [-0.25, -0.2) is 4.79 Å². The van der Waals surface area contributed by atoms with E-state index in [9.17, 15) is 14.7 Å². The Morgan fingerprint density at radius 3 is 3.00 bits per heavy atom. The van der Waals surface area contributed by atoms with E-state index in [1.165, 1.54) is 0 Å². The van der Waals surface area contributed by atoms with Crippen molar-refractivity contribution in [2.45, 2.75) is 19.8 Å². The van der Waals surface area contributed by atoms with Crippen LogP contribution in [0.15, 0.2) is 33.5 Å². The van der Waals surface area contributed by atoms with E-state index in [-0.39, 0.29) is 24.0 Å². The van der Waals surface area contributed by atoms with Crippen molar-refractivity contribution in [2.75, 3.05) is 39.5 Å². The third kappa shape index (κ3) is 3.29. The van der Waals surface area contributed by atoms with E-state index in [1.54, 1.807) is 29.2 Å². The maximum Gasteiger partial charge on any atom is 0.349 e. The first kappa shape index (κ1) is 19.0. The van der Waals surface area contributed by atoms with Crippen molar-refractivity contribution in [3.8, 4) is 5.75 Å². The van der Waals surface area contributed by atoms with E-state index in [1.807, 2.05) is 6.92 Å². The van der Waals surface area contributed by atoms with Gasteiger partial charge in [-0.15, -0.1) is 0 Å². The van der Waals surface area contributed by atoms with Gasteiger partial charge in [-0.05, 0) is 37.0 Å². The number of rotatable bonds is 5. The molecule has 1 aromatic heterocycles. The first-order valence-electron chi connectivity index (χ1n) is 9.75. The molecule has 7 nitrogen and oxygen atoms in total. The highest BCUT2D eigenvalue weighted by Gasteiger charge is 2.49. The minimum Gasteiger partial charge on any atom is -0.493 e. The molecular formula is C21H25NO6. The third-order valence-corrected chi connectivity index (χ3v) is 5.83. The Balaban J connectivity index is 1.61. The Morgan fingerprint density at radius 2 is 2.25 bits per heavy atom. The van der Waals surface area contributed by atoms with E-state index in [0.29, 0.717) is 49.6 Å². The van der Waals surface area contributed by atoms with Crippen LogP contribution in [0.4, 0.5) is 0 Å². The van der Waals surface area contributed by atoms with Crippen LogP contribution in [-0.4, -0.2) is 55.4 Å². The number of aliphatic hydroxyl groups excluding tert-OH is 1. The van der Waals surface area contributed by atoms with Crippen molar-refractivity contribution in [2.24, 2.45) is 11.3 Å². The molecule has 2 atom stereocenters. The number of hydrogen-bond donors (Lipinski definition) is 1. The molecule has 2 aliphatic rings. The second-order valence-electron chi connectivity index (χ2n) is 7.74. The Kier molecular flexibility index (Phi) is 5.12. The second kappa shape index (κ2) is 7.56. The van der Waals surface area contributed by atoms with Gasteiger partial charge >= 0.3 is 5.63 Å². The first-order chi connectivity index (χ1) is 13.6. The summed E-state index contributed by atoms with van der Waals surface area (Å²) in [5.74, 6) is 0.454. The number of amides is 1. The number of hydrogen-bond acceptors (Lipinski definition) is 6. The molecule has 1 amide bonds. The summed E-state index contributed by atoms with van der Waals surface area (Å²) in [5.41, 5.74) is -0.682. The Bertz CT molecular complexity index is 938. The molecule has 28 heavy (non-hydrogen) atoms. The van der Waals surface area contributed by atoms with Crippen LogP contribution < -0.4 is 10.4 Å². The molecule has 4 rings (SSSR count). The fourth-order valence-electron chi connectivity index (χ4n) is 4.20. The van der Waals surface area contributed by atoms with Crippen LogP contribution in [0.5, 0.6) is 5.75 Å². The first-order valence-corrected chi connectivity index (χ1v) is 9.75.